The summed E-state index contributed by atoms with van der Waals surface area (Å²) in [5.41, 5.74) is -0.0287. The number of ether oxygens (including phenoxy) is 1. The van der Waals surface area contributed by atoms with Crippen LogP contribution < -0.4 is 5.32 Å². The van der Waals surface area contributed by atoms with Crippen molar-refractivity contribution >= 4 is 23.8 Å². The second-order valence-electron chi connectivity index (χ2n) is 8.14. The van der Waals surface area contributed by atoms with Gasteiger partial charge in [-0.2, -0.15) is 0 Å². The van der Waals surface area contributed by atoms with Crippen molar-refractivity contribution in [1.29, 1.82) is 0 Å². The number of amides is 1. The summed E-state index contributed by atoms with van der Waals surface area (Å²) in [6.07, 6.45) is -1.28. The second kappa shape index (κ2) is 10.3. The van der Waals surface area contributed by atoms with Crippen LogP contribution in [-0.4, -0.2) is 51.3 Å². The summed E-state index contributed by atoms with van der Waals surface area (Å²) < 4.78 is 10.7. The summed E-state index contributed by atoms with van der Waals surface area (Å²) in [6.45, 7) is 1.86. The highest BCUT2D eigenvalue weighted by Crippen LogP contribution is 2.38. The molecule has 1 saturated carbocycles. The first-order valence-corrected chi connectivity index (χ1v) is 10.4. The summed E-state index contributed by atoms with van der Waals surface area (Å²) in [5.74, 6) is -6.57. The Hall–Kier alpha value is -3.66. The Morgan fingerprint density at radius 3 is 2.39 bits per heavy atom. The smallest absolute Gasteiger partial charge is 0.339 e. The van der Waals surface area contributed by atoms with Gasteiger partial charge in [-0.25, -0.2) is 9.59 Å². The minimum atomic E-state index is -1.91. The lowest BCUT2D eigenvalue weighted by Crippen LogP contribution is -2.49. The number of carboxylic acid groups (broad SMARTS) is 2. The molecule has 5 unspecified atom stereocenters. The van der Waals surface area contributed by atoms with Crippen molar-refractivity contribution in [2.45, 2.75) is 38.5 Å². The van der Waals surface area contributed by atoms with Gasteiger partial charge in [0.1, 0.15) is 11.9 Å². The van der Waals surface area contributed by atoms with Crippen LogP contribution in [0.15, 0.2) is 47.1 Å². The van der Waals surface area contributed by atoms with E-state index < -0.39 is 47.9 Å². The zero-order valence-corrected chi connectivity index (χ0v) is 17.8. The molecule has 33 heavy (non-hydrogen) atoms. The number of furan rings is 1. The van der Waals surface area contributed by atoms with Crippen LogP contribution in [0.5, 0.6) is 0 Å². The molecule has 0 spiro atoms. The van der Waals surface area contributed by atoms with E-state index in [0.717, 1.165) is 0 Å². The molecule has 1 fully saturated rings. The minimum Gasteiger partial charge on any atom is -0.481 e. The maximum absolute atomic E-state index is 13.0. The monoisotopic (exact) mass is 459 g/mol. The number of benzene rings is 1. The highest BCUT2D eigenvalue weighted by atomic mass is 16.5. The van der Waals surface area contributed by atoms with Crippen LogP contribution in [0.4, 0.5) is 0 Å². The molecule has 4 N–H and O–H groups in total. The summed E-state index contributed by atoms with van der Waals surface area (Å²) in [5, 5.41) is 31.6. The highest BCUT2D eigenvalue weighted by molar-refractivity contribution is 6.05. The Labute approximate surface area is 189 Å². The number of carboxylic acids is 2. The first-order valence-electron chi connectivity index (χ1n) is 10.4. The molecule has 10 heteroatoms. The third-order valence-corrected chi connectivity index (χ3v) is 5.77. The van der Waals surface area contributed by atoms with Crippen LogP contribution in [0.25, 0.3) is 0 Å². The van der Waals surface area contributed by atoms with E-state index in [0.29, 0.717) is 5.76 Å². The topological polar surface area (TPSA) is 163 Å². The fourth-order valence-corrected chi connectivity index (χ4v) is 4.23. The van der Waals surface area contributed by atoms with Crippen molar-refractivity contribution in [2.24, 2.45) is 17.8 Å². The summed E-state index contributed by atoms with van der Waals surface area (Å²) >= 11 is 0. The fraction of sp³-hybridized carbons (Fsp3) is 0.391. The number of carbonyl (C=O) groups excluding carboxylic acids is 2. The Balaban J connectivity index is 1.80. The van der Waals surface area contributed by atoms with Crippen molar-refractivity contribution in [1.82, 2.24) is 5.32 Å². The first-order chi connectivity index (χ1) is 15.7. The van der Waals surface area contributed by atoms with Gasteiger partial charge in [0.05, 0.1) is 29.9 Å². The van der Waals surface area contributed by atoms with E-state index in [2.05, 4.69) is 5.32 Å². The van der Waals surface area contributed by atoms with Gasteiger partial charge in [-0.3, -0.25) is 9.59 Å². The molecule has 0 saturated heterocycles. The number of rotatable bonds is 8. The van der Waals surface area contributed by atoms with E-state index in [9.17, 15) is 34.5 Å². The second-order valence-corrected chi connectivity index (χ2v) is 8.14. The molecule has 1 aromatic heterocycles. The quantitative estimate of drug-likeness (QED) is 0.432. The molecule has 5 atom stereocenters. The number of nitrogens with one attached hydrogen (secondary N) is 1. The molecule has 0 radical (unpaired) electrons. The summed E-state index contributed by atoms with van der Waals surface area (Å²) in [7, 11) is 0. The fourth-order valence-electron chi connectivity index (χ4n) is 4.23. The van der Waals surface area contributed by atoms with Crippen LogP contribution >= 0.6 is 0 Å². The normalized spacial score (nSPS) is 23.3. The summed E-state index contributed by atoms with van der Waals surface area (Å²) in [6, 6.07) is 9.28. The zero-order valence-electron chi connectivity index (χ0n) is 17.8. The van der Waals surface area contributed by atoms with E-state index in [4.69, 9.17) is 9.15 Å². The van der Waals surface area contributed by atoms with Crippen molar-refractivity contribution in [3.8, 4) is 0 Å². The van der Waals surface area contributed by atoms with Crippen LogP contribution in [0.1, 0.15) is 46.2 Å². The molecule has 176 valence electrons. The molecule has 0 aliphatic heterocycles. The van der Waals surface area contributed by atoms with E-state index in [-0.39, 0.29) is 36.4 Å². The minimum absolute atomic E-state index is 0.0342. The van der Waals surface area contributed by atoms with Crippen LogP contribution in [0, 0.1) is 17.8 Å². The maximum Gasteiger partial charge on any atom is 0.339 e. The van der Waals surface area contributed by atoms with Gasteiger partial charge in [-0.05, 0) is 43.0 Å². The average molecular weight is 459 g/mol. The lowest BCUT2D eigenvalue weighted by atomic mass is 9.70. The molecular weight excluding hydrogens is 434 g/mol. The molecule has 0 bridgehead atoms. The van der Waals surface area contributed by atoms with Gasteiger partial charge >= 0.3 is 17.9 Å². The molecular formula is C23H25NO9. The molecule has 1 aliphatic carbocycles. The Morgan fingerprint density at radius 1 is 1.09 bits per heavy atom. The van der Waals surface area contributed by atoms with Gasteiger partial charge in [0.15, 0.2) is 6.10 Å². The van der Waals surface area contributed by atoms with Crippen LogP contribution in [0.2, 0.25) is 0 Å². The molecule has 10 nitrogen and oxygen atoms in total. The maximum atomic E-state index is 13.0. The number of aliphatic hydroxyl groups is 1. The van der Waals surface area contributed by atoms with E-state index in [1.165, 1.54) is 24.5 Å². The van der Waals surface area contributed by atoms with Crippen molar-refractivity contribution < 1.29 is 43.7 Å². The standard InChI is InChI=1S/C23H25NO9/c1-12-9-16(19(25)22(29)30)18(21(27)28)17(10-12)33-23(31)15-7-3-2-6-14(15)20(26)24-11-13-5-4-8-32-13/h2-8,12,16-19,25H,9-11H2,1H3,(H,24,26)(H,27,28)(H,29,30). The lowest BCUT2D eigenvalue weighted by Gasteiger charge is -2.39. The third kappa shape index (κ3) is 5.58. The highest BCUT2D eigenvalue weighted by Gasteiger charge is 2.48. The zero-order chi connectivity index (χ0) is 24.1. The number of aliphatic hydroxyl groups excluding tert-OH is 1. The van der Waals surface area contributed by atoms with Crippen molar-refractivity contribution in [3.63, 3.8) is 0 Å². The van der Waals surface area contributed by atoms with Gasteiger partial charge in [-0.1, -0.05) is 19.1 Å². The molecule has 2 aromatic rings. The van der Waals surface area contributed by atoms with Crippen LogP contribution in [0.3, 0.4) is 0 Å². The largest absolute Gasteiger partial charge is 0.481 e. The molecule has 3 rings (SSSR count). The third-order valence-electron chi connectivity index (χ3n) is 5.77. The average Bonchev–Trinajstić information content (AvgIpc) is 3.29. The van der Waals surface area contributed by atoms with E-state index >= 15 is 0 Å². The molecule has 1 amide bonds. The van der Waals surface area contributed by atoms with Gasteiger partial charge in [-0.15, -0.1) is 0 Å². The number of hydrogen-bond donors (Lipinski definition) is 4. The lowest BCUT2D eigenvalue weighted by molar-refractivity contribution is -0.164. The van der Waals surface area contributed by atoms with Gasteiger partial charge in [0.2, 0.25) is 0 Å². The Morgan fingerprint density at radius 2 is 1.79 bits per heavy atom. The number of hydrogen-bond acceptors (Lipinski definition) is 7. The Bertz CT molecular complexity index is 1020. The number of esters is 1. The first kappa shape index (κ1) is 24.0. The SMILES string of the molecule is CC1CC(OC(=O)c2ccccc2C(=O)NCc2ccco2)C(C(=O)O)C(C(O)C(=O)O)C1. The number of carbonyl (C=O) groups is 4. The molecule has 1 aromatic carbocycles. The molecule has 1 aliphatic rings. The number of aliphatic carboxylic acids is 2. The van der Waals surface area contributed by atoms with Gasteiger partial charge in [0, 0.05) is 5.92 Å². The van der Waals surface area contributed by atoms with Crippen LogP contribution in [-0.2, 0) is 20.9 Å². The Kier molecular flexibility index (Phi) is 7.49. The predicted molar refractivity (Wildman–Crippen MR) is 112 cm³/mol. The van der Waals surface area contributed by atoms with Crippen molar-refractivity contribution in [2.75, 3.05) is 0 Å². The predicted octanol–water partition coefficient (Wildman–Crippen LogP) is 1.93. The van der Waals surface area contributed by atoms with Crippen molar-refractivity contribution in [3.05, 3.63) is 59.5 Å². The molecule has 1 heterocycles. The van der Waals surface area contributed by atoms with Gasteiger partial charge < -0.3 is 29.8 Å². The van der Waals surface area contributed by atoms with Gasteiger partial charge in [0.25, 0.3) is 5.91 Å². The van der Waals surface area contributed by atoms with E-state index in [1.54, 1.807) is 25.1 Å². The summed E-state index contributed by atoms with van der Waals surface area (Å²) in [4.78, 5) is 48.8. The van der Waals surface area contributed by atoms with E-state index in [1.807, 2.05) is 0 Å².